The fraction of sp³-hybridized carbons (Fsp3) is 0.571. The monoisotopic (exact) mass is 280 g/mol. The maximum Gasteiger partial charge on any atom is 0.373 e. The third-order valence-corrected chi connectivity index (χ3v) is 5.22. The van der Waals surface area contributed by atoms with Crippen molar-refractivity contribution in [3.63, 3.8) is 0 Å². The van der Waals surface area contributed by atoms with Crippen molar-refractivity contribution in [2.24, 2.45) is 17.8 Å². The van der Waals surface area contributed by atoms with Gasteiger partial charge < -0.3 is 4.74 Å². The van der Waals surface area contributed by atoms with Gasteiger partial charge in [0, 0.05) is 10.3 Å². The molecule has 0 amide bonds. The Labute approximate surface area is 115 Å². The van der Waals surface area contributed by atoms with Crippen molar-refractivity contribution in [1.82, 2.24) is 0 Å². The van der Waals surface area contributed by atoms with E-state index in [0.29, 0.717) is 12.5 Å². The first-order valence-corrected chi connectivity index (χ1v) is 7.27. The summed E-state index contributed by atoms with van der Waals surface area (Å²) in [5.74, 6) is 1.48. The Balaban J connectivity index is 0.000000408. The Hall–Kier alpha value is -1.45. The van der Waals surface area contributed by atoms with Crippen LogP contribution in [0.2, 0.25) is 0 Å². The summed E-state index contributed by atoms with van der Waals surface area (Å²) in [5, 5.41) is 2.10. The molecule has 1 aromatic rings. The lowest BCUT2D eigenvalue weighted by atomic mass is 9.93. The van der Waals surface area contributed by atoms with Crippen LogP contribution in [0.5, 0.6) is 0 Å². The summed E-state index contributed by atoms with van der Waals surface area (Å²) in [6.45, 7) is 4.59. The van der Waals surface area contributed by atoms with Crippen molar-refractivity contribution in [2.75, 3.05) is 6.61 Å². The Morgan fingerprint density at radius 1 is 1.47 bits per heavy atom. The van der Waals surface area contributed by atoms with E-state index in [9.17, 15) is 4.79 Å². The van der Waals surface area contributed by atoms with Gasteiger partial charge >= 0.3 is 12.1 Å². The van der Waals surface area contributed by atoms with E-state index in [2.05, 4.69) is 24.4 Å². The van der Waals surface area contributed by atoms with Crippen LogP contribution in [0.1, 0.15) is 25.1 Å². The quantitative estimate of drug-likeness (QED) is 0.794. The number of carbonyl (C=O) groups excluding carboxylic acids is 3. The fourth-order valence-electron chi connectivity index (χ4n) is 3.48. The van der Waals surface area contributed by atoms with E-state index in [0.717, 1.165) is 5.92 Å². The zero-order chi connectivity index (χ0) is 14.0. The average Bonchev–Trinajstić information content (AvgIpc) is 3.13. The molecule has 0 N–H and O–H groups in total. The first kappa shape index (κ1) is 14.0. The molecule has 0 aromatic carbocycles. The number of rotatable bonds is 4. The van der Waals surface area contributed by atoms with Gasteiger partial charge in [0.05, 0.1) is 12.5 Å². The van der Waals surface area contributed by atoms with Gasteiger partial charge in [-0.1, -0.05) is 19.4 Å². The van der Waals surface area contributed by atoms with Crippen molar-refractivity contribution in [3.05, 3.63) is 22.4 Å². The molecule has 2 saturated carbocycles. The highest BCUT2D eigenvalue weighted by Gasteiger charge is 2.89. The van der Waals surface area contributed by atoms with Gasteiger partial charge in [-0.2, -0.15) is 9.59 Å². The second kappa shape index (κ2) is 5.27. The van der Waals surface area contributed by atoms with Crippen LogP contribution in [0.15, 0.2) is 17.5 Å². The summed E-state index contributed by atoms with van der Waals surface area (Å²) < 4.78 is 5.15. The molecule has 0 aliphatic heterocycles. The van der Waals surface area contributed by atoms with Crippen LogP contribution in [0.4, 0.5) is 0 Å². The number of thiophene rings is 1. The van der Waals surface area contributed by atoms with Crippen LogP contribution in [0, 0.1) is 17.8 Å². The van der Waals surface area contributed by atoms with E-state index in [1.165, 1.54) is 11.3 Å². The van der Waals surface area contributed by atoms with E-state index in [1.807, 2.05) is 6.92 Å². The smallest absolute Gasteiger partial charge is 0.373 e. The third-order valence-electron chi connectivity index (χ3n) is 4.18. The standard InChI is InChI=1S/C13H16O2S.CO2/c1-3-8-10-11(12(14)15-4-2)13(8,10)9-6-5-7-16-9;2-1-3/h5-8,10-11H,3-4H2,1-2H3;/t8?,10?,11?,13-;/m0./s1. The molecule has 2 fully saturated rings. The van der Waals surface area contributed by atoms with Gasteiger partial charge in [-0.25, -0.2) is 0 Å². The topological polar surface area (TPSA) is 60.4 Å². The highest BCUT2D eigenvalue weighted by atomic mass is 32.1. The molecule has 0 bridgehead atoms. The van der Waals surface area contributed by atoms with Gasteiger partial charge in [-0.05, 0) is 30.2 Å². The predicted octanol–water partition coefficient (Wildman–Crippen LogP) is 2.25. The summed E-state index contributed by atoms with van der Waals surface area (Å²) in [6.07, 6.45) is 1.43. The zero-order valence-electron chi connectivity index (χ0n) is 10.9. The van der Waals surface area contributed by atoms with Gasteiger partial charge in [-0.3, -0.25) is 4.79 Å². The van der Waals surface area contributed by atoms with Crippen molar-refractivity contribution >= 4 is 23.5 Å². The highest BCUT2D eigenvalue weighted by molar-refractivity contribution is 7.10. The average molecular weight is 280 g/mol. The summed E-state index contributed by atoms with van der Waals surface area (Å²) in [7, 11) is 0. The molecule has 3 unspecified atom stereocenters. The molecule has 0 saturated heterocycles. The molecule has 5 heteroatoms. The molecule has 2 aliphatic rings. The number of carbonyl (C=O) groups is 1. The molecule has 4 nitrogen and oxygen atoms in total. The number of ether oxygens (including phenoxy) is 1. The summed E-state index contributed by atoms with van der Waals surface area (Å²) in [4.78, 5) is 29.4. The second-order valence-corrected chi connectivity index (χ2v) is 5.71. The van der Waals surface area contributed by atoms with Crippen LogP contribution < -0.4 is 0 Å². The van der Waals surface area contributed by atoms with Crippen LogP contribution >= 0.6 is 11.3 Å². The Bertz CT molecular complexity index is 490. The molecule has 2 aliphatic carbocycles. The maximum atomic E-state index is 11.8. The lowest BCUT2D eigenvalue weighted by Gasteiger charge is -2.15. The third kappa shape index (κ3) is 1.94. The summed E-state index contributed by atoms with van der Waals surface area (Å²) >= 11 is 1.78. The lowest BCUT2D eigenvalue weighted by molar-refractivity contribution is -0.191. The summed E-state index contributed by atoms with van der Waals surface area (Å²) in [5.41, 5.74) is 0.190. The second-order valence-electron chi connectivity index (χ2n) is 4.76. The van der Waals surface area contributed by atoms with E-state index in [4.69, 9.17) is 14.3 Å². The van der Waals surface area contributed by atoms with Crippen LogP contribution in [-0.4, -0.2) is 18.7 Å². The first-order valence-electron chi connectivity index (χ1n) is 6.39. The number of hydrogen-bond acceptors (Lipinski definition) is 5. The molecule has 4 atom stereocenters. The van der Waals surface area contributed by atoms with Gasteiger partial charge in [-0.15, -0.1) is 11.3 Å². The normalized spacial score (nSPS) is 33.3. The highest BCUT2D eigenvalue weighted by Crippen LogP contribution is 2.85. The minimum absolute atomic E-state index is 0.0191. The van der Waals surface area contributed by atoms with E-state index in [-0.39, 0.29) is 23.5 Å². The molecule has 0 spiro atoms. The molecular formula is C14H16O4S. The Morgan fingerprint density at radius 3 is 2.63 bits per heavy atom. The fourth-order valence-corrected chi connectivity index (χ4v) is 4.56. The van der Waals surface area contributed by atoms with Gasteiger partial charge in [0.15, 0.2) is 0 Å². The largest absolute Gasteiger partial charge is 0.466 e. The minimum atomic E-state index is 0.0191. The molecule has 1 heterocycles. The van der Waals surface area contributed by atoms with Crippen molar-refractivity contribution in [3.8, 4) is 0 Å². The number of esters is 1. The van der Waals surface area contributed by atoms with Crippen molar-refractivity contribution in [2.45, 2.75) is 25.7 Å². The lowest BCUT2D eigenvalue weighted by Crippen LogP contribution is -2.22. The molecule has 19 heavy (non-hydrogen) atoms. The minimum Gasteiger partial charge on any atom is -0.466 e. The maximum absolute atomic E-state index is 11.8. The number of hydrogen-bond donors (Lipinski definition) is 0. The molecule has 102 valence electrons. The van der Waals surface area contributed by atoms with Gasteiger partial charge in [0.2, 0.25) is 0 Å². The molecule has 3 rings (SSSR count). The zero-order valence-corrected chi connectivity index (χ0v) is 11.7. The predicted molar refractivity (Wildman–Crippen MR) is 68.4 cm³/mol. The van der Waals surface area contributed by atoms with Crippen LogP contribution in [-0.2, 0) is 24.5 Å². The van der Waals surface area contributed by atoms with E-state index >= 15 is 0 Å². The van der Waals surface area contributed by atoms with E-state index in [1.54, 1.807) is 11.3 Å². The van der Waals surface area contributed by atoms with Crippen molar-refractivity contribution < 1.29 is 19.1 Å². The van der Waals surface area contributed by atoms with Gasteiger partial charge in [0.1, 0.15) is 0 Å². The molecule has 0 radical (unpaired) electrons. The first-order chi connectivity index (χ1) is 9.19. The van der Waals surface area contributed by atoms with Gasteiger partial charge in [0.25, 0.3) is 0 Å². The van der Waals surface area contributed by atoms with Crippen molar-refractivity contribution in [1.29, 1.82) is 0 Å². The Morgan fingerprint density at radius 2 is 2.16 bits per heavy atom. The SMILES string of the molecule is CCOC(=O)C1C2C(CC)[C@@]12c1cccs1.O=C=O. The van der Waals surface area contributed by atoms with E-state index < -0.39 is 0 Å². The number of fused-ring (bicyclic) bond motifs is 1. The molecular weight excluding hydrogens is 264 g/mol. The summed E-state index contributed by atoms with van der Waals surface area (Å²) in [6, 6.07) is 4.25. The molecule has 1 aromatic heterocycles. The van der Waals surface area contributed by atoms with Crippen LogP contribution in [0.3, 0.4) is 0 Å². The Kier molecular flexibility index (Phi) is 3.88. The van der Waals surface area contributed by atoms with Crippen LogP contribution in [0.25, 0.3) is 0 Å².